The minimum absolute atomic E-state index is 0.206. The number of hydrogen-bond acceptors (Lipinski definition) is 4. The van der Waals surface area contributed by atoms with E-state index in [1.54, 1.807) is 0 Å². The average Bonchev–Trinajstić information content (AvgIpc) is 2.27. The molecule has 0 amide bonds. The van der Waals surface area contributed by atoms with Gasteiger partial charge >= 0.3 is 12.1 Å². The summed E-state index contributed by atoms with van der Waals surface area (Å²) in [5, 5.41) is 2.48. The predicted molar refractivity (Wildman–Crippen MR) is 54.7 cm³/mol. The second-order valence-corrected chi connectivity index (χ2v) is 3.21. The molecule has 0 aliphatic heterocycles. The summed E-state index contributed by atoms with van der Waals surface area (Å²) in [6.07, 6.45) is -3.85. The summed E-state index contributed by atoms with van der Waals surface area (Å²) in [5.41, 5.74) is 0.233. The molecule has 0 aliphatic carbocycles. The second kappa shape index (κ2) is 5.51. The van der Waals surface area contributed by atoms with Gasteiger partial charge in [-0.05, 0) is 12.1 Å². The zero-order valence-electron chi connectivity index (χ0n) is 9.04. The molecule has 1 aromatic rings. The Labute approximate surface area is 95.8 Å². The van der Waals surface area contributed by atoms with Crippen LogP contribution in [0.5, 0.6) is 0 Å². The SMILES string of the molecule is COC(=O)c1ccnc(NCCC(F)(F)F)c1. The third-order valence-corrected chi connectivity index (χ3v) is 1.90. The van der Waals surface area contributed by atoms with Crippen molar-refractivity contribution < 1.29 is 22.7 Å². The largest absolute Gasteiger partial charge is 0.465 e. The molecule has 1 N–H and O–H groups in total. The summed E-state index contributed by atoms with van der Waals surface area (Å²) >= 11 is 0. The Kier molecular flexibility index (Phi) is 4.30. The van der Waals surface area contributed by atoms with Gasteiger partial charge < -0.3 is 10.1 Å². The number of aromatic nitrogens is 1. The van der Waals surface area contributed by atoms with Crippen LogP contribution in [-0.4, -0.2) is 30.8 Å². The summed E-state index contributed by atoms with van der Waals surface area (Å²) in [7, 11) is 1.22. The number of pyridine rings is 1. The third kappa shape index (κ3) is 4.71. The van der Waals surface area contributed by atoms with Crippen LogP contribution in [0, 0.1) is 0 Å². The van der Waals surface area contributed by atoms with E-state index in [0.29, 0.717) is 0 Å². The predicted octanol–water partition coefficient (Wildman–Crippen LogP) is 2.23. The fraction of sp³-hybridized carbons (Fsp3) is 0.400. The van der Waals surface area contributed by atoms with Gasteiger partial charge in [0.2, 0.25) is 0 Å². The number of methoxy groups -OCH3 is 1. The zero-order chi connectivity index (χ0) is 12.9. The van der Waals surface area contributed by atoms with E-state index in [4.69, 9.17) is 0 Å². The Morgan fingerprint density at radius 1 is 1.53 bits per heavy atom. The van der Waals surface area contributed by atoms with Crippen molar-refractivity contribution in [1.29, 1.82) is 0 Å². The van der Waals surface area contributed by atoms with Crippen molar-refractivity contribution in [2.45, 2.75) is 12.6 Å². The van der Waals surface area contributed by atoms with Crippen LogP contribution >= 0.6 is 0 Å². The Morgan fingerprint density at radius 2 is 2.24 bits per heavy atom. The highest BCUT2D eigenvalue weighted by Crippen LogP contribution is 2.19. The fourth-order valence-electron chi connectivity index (χ4n) is 1.10. The molecule has 0 atom stereocenters. The molecule has 0 bridgehead atoms. The molecule has 0 saturated heterocycles. The van der Waals surface area contributed by atoms with Crippen LogP contribution in [-0.2, 0) is 4.74 Å². The van der Waals surface area contributed by atoms with Gasteiger partial charge in [0.25, 0.3) is 0 Å². The normalized spacial score (nSPS) is 11.1. The first-order valence-electron chi connectivity index (χ1n) is 4.77. The van der Waals surface area contributed by atoms with Crippen LogP contribution < -0.4 is 5.32 Å². The van der Waals surface area contributed by atoms with Gasteiger partial charge in [-0.1, -0.05) is 0 Å². The summed E-state index contributed by atoms with van der Waals surface area (Å²) in [6, 6.07) is 2.75. The molecule has 0 aliphatic rings. The lowest BCUT2D eigenvalue weighted by Crippen LogP contribution is -2.15. The van der Waals surface area contributed by atoms with E-state index >= 15 is 0 Å². The number of alkyl halides is 3. The van der Waals surface area contributed by atoms with E-state index < -0.39 is 18.6 Å². The Bertz CT molecular complexity index is 393. The minimum atomic E-state index is -4.22. The van der Waals surface area contributed by atoms with Crippen molar-refractivity contribution in [2.24, 2.45) is 0 Å². The number of ether oxygens (including phenoxy) is 1. The number of nitrogens with one attached hydrogen (secondary N) is 1. The lowest BCUT2D eigenvalue weighted by Gasteiger charge is -2.08. The van der Waals surface area contributed by atoms with E-state index in [0.717, 1.165) is 0 Å². The first kappa shape index (κ1) is 13.3. The number of rotatable bonds is 4. The van der Waals surface area contributed by atoms with Gasteiger partial charge in [0, 0.05) is 12.7 Å². The maximum absolute atomic E-state index is 11.9. The molecular formula is C10H11F3N2O2. The highest BCUT2D eigenvalue weighted by Gasteiger charge is 2.26. The van der Waals surface area contributed by atoms with Gasteiger partial charge in [0.1, 0.15) is 5.82 Å². The van der Waals surface area contributed by atoms with Crippen LogP contribution in [0.1, 0.15) is 16.8 Å². The summed E-state index contributed by atoms with van der Waals surface area (Å²) in [4.78, 5) is 14.9. The standard InChI is InChI=1S/C10H11F3N2O2/c1-17-9(16)7-2-4-14-8(6-7)15-5-3-10(11,12)13/h2,4,6H,3,5H2,1H3,(H,14,15). The van der Waals surface area contributed by atoms with Crippen LogP contribution in [0.25, 0.3) is 0 Å². The minimum Gasteiger partial charge on any atom is -0.465 e. The number of carbonyl (C=O) groups is 1. The summed E-state index contributed by atoms with van der Waals surface area (Å²) in [5.74, 6) is -0.358. The maximum atomic E-state index is 11.9. The lowest BCUT2D eigenvalue weighted by atomic mass is 10.2. The van der Waals surface area contributed by atoms with Crippen LogP contribution in [0.4, 0.5) is 19.0 Å². The molecular weight excluding hydrogens is 237 g/mol. The first-order chi connectivity index (χ1) is 7.92. The molecule has 4 nitrogen and oxygen atoms in total. The highest BCUT2D eigenvalue weighted by molar-refractivity contribution is 5.89. The number of nitrogens with zero attached hydrogens (tertiary/aromatic N) is 1. The Hall–Kier alpha value is -1.79. The summed E-state index contributed by atoms with van der Waals surface area (Å²) in [6.45, 7) is -0.291. The molecule has 7 heteroatoms. The van der Waals surface area contributed by atoms with Gasteiger partial charge in [0.05, 0.1) is 19.1 Å². The van der Waals surface area contributed by atoms with Gasteiger partial charge in [-0.2, -0.15) is 13.2 Å². The van der Waals surface area contributed by atoms with Gasteiger partial charge in [-0.3, -0.25) is 0 Å². The van der Waals surface area contributed by atoms with Gasteiger partial charge in [-0.15, -0.1) is 0 Å². The first-order valence-corrected chi connectivity index (χ1v) is 4.77. The van der Waals surface area contributed by atoms with Crippen LogP contribution in [0.15, 0.2) is 18.3 Å². The molecule has 0 radical (unpaired) electrons. The van der Waals surface area contributed by atoms with Crippen molar-refractivity contribution in [1.82, 2.24) is 4.98 Å². The third-order valence-electron chi connectivity index (χ3n) is 1.90. The number of esters is 1. The number of carbonyl (C=O) groups excluding carboxylic acids is 1. The Balaban J connectivity index is 2.57. The zero-order valence-corrected chi connectivity index (χ0v) is 9.04. The van der Waals surface area contributed by atoms with Crippen molar-refractivity contribution in [3.05, 3.63) is 23.9 Å². The molecule has 1 aromatic heterocycles. The molecule has 17 heavy (non-hydrogen) atoms. The van der Waals surface area contributed by atoms with E-state index in [-0.39, 0.29) is 17.9 Å². The quantitative estimate of drug-likeness (QED) is 0.830. The molecule has 1 rings (SSSR count). The monoisotopic (exact) mass is 248 g/mol. The average molecular weight is 248 g/mol. The number of halogens is 3. The van der Waals surface area contributed by atoms with Crippen LogP contribution in [0.2, 0.25) is 0 Å². The van der Waals surface area contributed by atoms with Crippen LogP contribution in [0.3, 0.4) is 0 Å². The number of anilines is 1. The lowest BCUT2D eigenvalue weighted by molar-refractivity contribution is -0.131. The van der Waals surface area contributed by atoms with Crippen molar-refractivity contribution in [2.75, 3.05) is 19.0 Å². The van der Waals surface area contributed by atoms with Gasteiger partial charge in [-0.25, -0.2) is 9.78 Å². The topological polar surface area (TPSA) is 51.2 Å². The van der Waals surface area contributed by atoms with Crippen molar-refractivity contribution >= 4 is 11.8 Å². The molecule has 1 heterocycles. The smallest absolute Gasteiger partial charge is 0.390 e. The molecule has 0 aromatic carbocycles. The molecule has 0 unspecified atom stereocenters. The fourth-order valence-corrected chi connectivity index (χ4v) is 1.10. The maximum Gasteiger partial charge on any atom is 0.390 e. The van der Waals surface area contributed by atoms with E-state index in [1.807, 2.05) is 0 Å². The highest BCUT2D eigenvalue weighted by atomic mass is 19.4. The molecule has 0 saturated carbocycles. The molecule has 94 valence electrons. The van der Waals surface area contributed by atoms with E-state index in [2.05, 4.69) is 15.0 Å². The van der Waals surface area contributed by atoms with Crippen molar-refractivity contribution in [3.8, 4) is 0 Å². The number of hydrogen-bond donors (Lipinski definition) is 1. The summed E-state index contributed by atoms with van der Waals surface area (Å²) < 4.78 is 40.1. The van der Waals surface area contributed by atoms with Gasteiger partial charge in [0.15, 0.2) is 0 Å². The van der Waals surface area contributed by atoms with E-state index in [1.165, 1.54) is 25.4 Å². The van der Waals surface area contributed by atoms with E-state index in [9.17, 15) is 18.0 Å². The Morgan fingerprint density at radius 3 is 2.82 bits per heavy atom. The molecule has 0 fully saturated rings. The molecule has 0 spiro atoms. The van der Waals surface area contributed by atoms with Crippen molar-refractivity contribution in [3.63, 3.8) is 0 Å². The second-order valence-electron chi connectivity index (χ2n) is 3.21.